The molecule has 5 heteroatoms. The van der Waals surface area contributed by atoms with Crippen LogP contribution in [-0.2, 0) is 10.0 Å². The van der Waals surface area contributed by atoms with Crippen molar-refractivity contribution in [2.75, 3.05) is 0 Å². The first kappa shape index (κ1) is 16.2. The Morgan fingerprint density at radius 1 is 1.05 bits per heavy atom. The summed E-state index contributed by atoms with van der Waals surface area (Å²) in [5.74, 6) is 0. The molecule has 0 bridgehead atoms. The van der Waals surface area contributed by atoms with Crippen LogP contribution in [0.2, 0.25) is 0 Å². The van der Waals surface area contributed by atoms with E-state index in [1.165, 1.54) is 0 Å². The standard InChI is InChI=1S/C16H18BrNO2S/c1-11-8-9-14(10-12(11)2)21(19,20)18-13(3)15-6-4-5-7-16(15)17/h4-10,13,18H,1-3H3/t13-/m1/s1. The predicted molar refractivity (Wildman–Crippen MR) is 88.8 cm³/mol. The van der Waals surface area contributed by atoms with Gasteiger partial charge in [-0.05, 0) is 55.7 Å². The van der Waals surface area contributed by atoms with Crippen LogP contribution < -0.4 is 4.72 Å². The van der Waals surface area contributed by atoms with Gasteiger partial charge in [-0.1, -0.05) is 40.2 Å². The van der Waals surface area contributed by atoms with Gasteiger partial charge in [0.15, 0.2) is 0 Å². The fourth-order valence-electron chi connectivity index (χ4n) is 2.07. The topological polar surface area (TPSA) is 46.2 Å². The van der Waals surface area contributed by atoms with Gasteiger partial charge in [0.25, 0.3) is 0 Å². The van der Waals surface area contributed by atoms with E-state index in [1.807, 2.05) is 51.1 Å². The highest BCUT2D eigenvalue weighted by molar-refractivity contribution is 9.10. The first-order valence-corrected chi connectivity index (χ1v) is 8.93. The van der Waals surface area contributed by atoms with Crippen molar-refractivity contribution in [3.05, 3.63) is 63.6 Å². The smallest absolute Gasteiger partial charge is 0.207 e. The minimum atomic E-state index is -3.53. The van der Waals surface area contributed by atoms with E-state index in [0.717, 1.165) is 21.2 Å². The first-order chi connectivity index (χ1) is 9.81. The van der Waals surface area contributed by atoms with Gasteiger partial charge in [-0.3, -0.25) is 0 Å². The highest BCUT2D eigenvalue weighted by Gasteiger charge is 2.19. The van der Waals surface area contributed by atoms with Crippen LogP contribution in [0.25, 0.3) is 0 Å². The van der Waals surface area contributed by atoms with E-state index < -0.39 is 10.0 Å². The number of sulfonamides is 1. The Labute approximate surface area is 134 Å². The van der Waals surface area contributed by atoms with Gasteiger partial charge in [0.2, 0.25) is 10.0 Å². The van der Waals surface area contributed by atoms with Crippen LogP contribution in [0.3, 0.4) is 0 Å². The molecule has 0 radical (unpaired) electrons. The molecule has 0 aliphatic rings. The summed E-state index contributed by atoms with van der Waals surface area (Å²) in [6.07, 6.45) is 0. The molecular weight excluding hydrogens is 350 g/mol. The normalized spacial score (nSPS) is 13.1. The van der Waals surface area contributed by atoms with Gasteiger partial charge in [-0.25, -0.2) is 13.1 Å². The Morgan fingerprint density at radius 2 is 1.71 bits per heavy atom. The van der Waals surface area contributed by atoms with Crippen LogP contribution >= 0.6 is 15.9 Å². The molecule has 0 fully saturated rings. The molecule has 0 aliphatic heterocycles. The summed E-state index contributed by atoms with van der Waals surface area (Å²) in [6, 6.07) is 12.4. The van der Waals surface area contributed by atoms with Crippen molar-refractivity contribution < 1.29 is 8.42 Å². The van der Waals surface area contributed by atoms with Gasteiger partial charge in [-0.2, -0.15) is 0 Å². The maximum absolute atomic E-state index is 12.5. The summed E-state index contributed by atoms with van der Waals surface area (Å²) in [5, 5.41) is 0. The van der Waals surface area contributed by atoms with Crippen LogP contribution in [0.15, 0.2) is 51.8 Å². The number of aryl methyl sites for hydroxylation is 2. The van der Waals surface area contributed by atoms with Gasteiger partial charge >= 0.3 is 0 Å². The molecule has 112 valence electrons. The van der Waals surface area contributed by atoms with Crippen molar-refractivity contribution >= 4 is 26.0 Å². The third-order valence-corrected chi connectivity index (χ3v) is 5.75. The number of nitrogens with one attached hydrogen (secondary N) is 1. The predicted octanol–water partition coefficient (Wildman–Crippen LogP) is 4.11. The van der Waals surface area contributed by atoms with Gasteiger partial charge in [0.05, 0.1) is 4.90 Å². The second-order valence-corrected chi connectivity index (χ2v) is 7.68. The average Bonchev–Trinajstić information content (AvgIpc) is 2.41. The minimum Gasteiger partial charge on any atom is -0.207 e. The first-order valence-electron chi connectivity index (χ1n) is 6.65. The molecular formula is C16H18BrNO2S. The number of halogens is 1. The van der Waals surface area contributed by atoms with Crippen LogP contribution in [0.1, 0.15) is 29.7 Å². The fraction of sp³-hybridized carbons (Fsp3) is 0.250. The molecule has 2 rings (SSSR count). The maximum Gasteiger partial charge on any atom is 0.241 e. The largest absolute Gasteiger partial charge is 0.241 e. The van der Waals surface area contributed by atoms with Crippen LogP contribution in [0.4, 0.5) is 0 Å². The Balaban J connectivity index is 2.29. The Kier molecular flexibility index (Phi) is 4.86. The minimum absolute atomic E-state index is 0.296. The molecule has 0 unspecified atom stereocenters. The van der Waals surface area contributed by atoms with E-state index in [-0.39, 0.29) is 6.04 Å². The van der Waals surface area contributed by atoms with E-state index in [0.29, 0.717) is 4.90 Å². The second-order valence-electron chi connectivity index (χ2n) is 5.11. The third kappa shape index (κ3) is 3.73. The lowest BCUT2D eigenvalue weighted by Crippen LogP contribution is -2.27. The van der Waals surface area contributed by atoms with E-state index in [4.69, 9.17) is 0 Å². The molecule has 0 amide bonds. The zero-order valence-electron chi connectivity index (χ0n) is 12.2. The number of benzene rings is 2. The molecule has 1 atom stereocenters. The van der Waals surface area contributed by atoms with Crippen molar-refractivity contribution in [3.8, 4) is 0 Å². The molecule has 2 aromatic carbocycles. The second kappa shape index (κ2) is 6.30. The molecule has 0 aliphatic carbocycles. The Morgan fingerprint density at radius 3 is 2.33 bits per heavy atom. The highest BCUT2D eigenvalue weighted by Crippen LogP contribution is 2.24. The molecule has 0 aromatic heterocycles. The van der Waals surface area contributed by atoms with E-state index in [1.54, 1.807) is 12.1 Å². The molecule has 21 heavy (non-hydrogen) atoms. The quantitative estimate of drug-likeness (QED) is 0.883. The van der Waals surface area contributed by atoms with E-state index >= 15 is 0 Å². The number of hydrogen-bond acceptors (Lipinski definition) is 2. The molecule has 0 heterocycles. The van der Waals surface area contributed by atoms with Gasteiger partial charge < -0.3 is 0 Å². The summed E-state index contributed by atoms with van der Waals surface area (Å²) in [5.41, 5.74) is 2.95. The average molecular weight is 368 g/mol. The van der Waals surface area contributed by atoms with Gasteiger partial charge in [0.1, 0.15) is 0 Å². The summed E-state index contributed by atoms with van der Waals surface area (Å²) >= 11 is 3.45. The van der Waals surface area contributed by atoms with Gasteiger partial charge in [-0.15, -0.1) is 0 Å². The van der Waals surface area contributed by atoms with Crippen molar-refractivity contribution in [2.24, 2.45) is 0 Å². The lowest BCUT2D eigenvalue weighted by molar-refractivity contribution is 0.566. The van der Waals surface area contributed by atoms with Crippen molar-refractivity contribution in [1.29, 1.82) is 0 Å². The van der Waals surface area contributed by atoms with Crippen LogP contribution in [0, 0.1) is 13.8 Å². The van der Waals surface area contributed by atoms with Crippen LogP contribution in [0.5, 0.6) is 0 Å². The van der Waals surface area contributed by atoms with E-state index in [2.05, 4.69) is 20.7 Å². The SMILES string of the molecule is Cc1ccc(S(=O)(=O)N[C@H](C)c2ccccc2Br)cc1C. The van der Waals surface area contributed by atoms with Crippen molar-refractivity contribution in [3.63, 3.8) is 0 Å². The third-order valence-electron chi connectivity index (χ3n) is 3.49. The van der Waals surface area contributed by atoms with Crippen LogP contribution in [-0.4, -0.2) is 8.42 Å². The highest BCUT2D eigenvalue weighted by atomic mass is 79.9. The fourth-order valence-corrected chi connectivity index (χ4v) is 4.01. The molecule has 1 N–H and O–H groups in total. The maximum atomic E-state index is 12.5. The summed E-state index contributed by atoms with van der Waals surface area (Å²) < 4.78 is 28.5. The summed E-state index contributed by atoms with van der Waals surface area (Å²) in [6.45, 7) is 5.70. The summed E-state index contributed by atoms with van der Waals surface area (Å²) in [4.78, 5) is 0.296. The lowest BCUT2D eigenvalue weighted by atomic mass is 10.1. The number of rotatable bonds is 4. The molecule has 0 spiro atoms. The Bertz CT molecular complexity index is 757. The van der Waals surface area contributed by atoms with Crippen molar-refractivity contribution in [1.82, 2.24) is 4.72 Å². The molecule has 0 saturated carbocycles. The van der Waals surface area contributed by atoms with Gasteiger partial charge in [0, 0.05) is 10.5 Å². The zero-order valence-corrected chi connectivity index (χ0v) is 14.6. The Hall–Kier alpha value is -1.17. The monoisotopic (exact) mass is 367 g/mol. The lowest BCUT2D eigenvalue weighted by Gasteiger charge is -2.16. The molecule has 2 aromatic rings. The van der Waals surface area contributed by atoms with Crippen molar-refractivity contribution in [2.45, 2.75) is 31.7 Å². The molecule has 3 nitrogen and oxygen atoms in total. The summed E-state index contributed by atoms with van der Waals surface area (Å²) in [7, 11) is -3.53. The zero-order chi connectivity index (χ0) is 15.6. The van der Waals surface area contributed by atoms with E-state index in [9.17, 15) is 8.42 Å². The molecule has 0 saturated heterocycles. The number of hydrogen-bond donors (Lipinski definition) is 1.